The van der Waals surface area contributed by atoms with E-state index in [9.17, 15) is 10.1 Å². The van der Waals surface area contributed by atoms with Gasteiger partial charge in [-0.2, -0.15) is 5.26 Å². The average molecular weight is 418 g/mol. The van der Waals surface area contributed by atoms with Gasteiger partial charge in [0.2, 0.25) is 5.16 Å². The van der Waals surface area contributed by atoms with Crippen LogP contribution in [0, 0.1) is 11.3 Å². The van der Waals surface area contributed by atoms with Crippen LogP contribution in [0.2, 0.25) is 0 Å². The molecule has 0 aliphatic carbocycles. The van der Waals surface area contributed by atoms with E-state index < -0.39 is 5.97 Å². The van der Waals surface area contributed by atoms with E-state index in [2.05, 4.69) is 21.3 Å². The number of H-pyrrole nitrogens is 1. The van der Waals surface area contributed by atoms with Crippen molar-refractivity contribution < 1.29 is 9.53 Å². The molecule has 138 valence electrons. The van der Waals surface area contributed by atoms with Crippen LogP contribution in [0.15, 0.2) is 22.7 Å². The Balaban J connectivity index is 1.73. The quantitative estimate of drug-likeness (QED) is 0.440. The second-order valence-electron chi connectivity index (χ2n) is 5.12. The van der Waals surface area contributed by atoms with E-state index in [1.807, 2.05) is 29.7 Å². The largest absolute Gasteiger partial charge is 0.462 e. The molecule has 3 aromatic heterocycles. The number of hydrogen-bond acceptors (Lipinski definition) is 9. The summed E-state index contributed by atoms with van der Waals surface area (Å²) in [4.78, 5) is 18.0. The Morgan fingerprint density at radius 1 is 1.52 bits per heavy atom. The second-order valence-corrected chi connectivity index (χ2v) is 8.10. The summed E-state index contributed by atoms with van der Waals surface area (Å²) in [6, 6.07) is 6.05. The van der Waals surface area contributed by atoms with Gasteiger partial charge in [0.25, 0.3) is 0 Å². The van der Waals surface area contributed by atoms with Gasteiger partial charge in [-0.15, -0.1) is 27.8 Å². The van der Waals surface area contributed by atoms with E-state index in [1.54, 1.807) is 18.3 Å². The molecule has 3 rings (SSSR count). The Morgan fingerprint density at radius 3 is 3.07 bits per heavy atom. The standard InChI is InChI=1S/C17H15N5O2S3/c1-2-24-16(23)14-12(11(8-18)15(19)27-14)9-26-17-20-13(21-22-17)6-5-10-4-3-7-25-10/h3-7H,2,9,19H2,1H3,(H,20,21,22)/b6-5+. The number of aromatic amines is 1. The van der Waals surface area contributed by atoms with Gasteiger partial charge in [-0.05, 0) is 30.5 Å². The summed E-state index contributed by atoms with van der Waals surface area (Å²) in [5.41, 5.74) is 6.75. The lowest BCUT2D eigenvalue weighted by molar-refractivity contribution is 0.0531. The zero-order valence-corrected chi connectivity index (χ0v) is 16.7. The van der Waals surface area contributed by atoms with Crippen molar-refractivity contribution in [2.24, 2.45) is 0 Å². The molecule has 0 radical (unpaired) electrons. The van der Waals surface area contributed by atoms with Crippen LogP contribution in [0.4, 0.5) is 5.00 Å². The molecule has 0 saturated heterocycles. The van der Waals surface area contributed by atoms with Crippen LogP contribution in [-0.2, 0) is 10.5 Å². The number of thiophene rings is 2. The molecule has 10 heteroatoms. The Morgan fingerprint density at radius 2 is 2.37 bits per heavy atom. The molecule has 3 aromatic rings. The first-order valence-corrected chi connectivity index (χ1v) is 10.6. The van der Waals surface area contributed by atoms with E-state index in [4.69, 9.17) is 10.5 Å². The smallest absolute Gasteiger partial charge is 0.348 e. The zero-order chi connectivity index (χ0) is 19.2. The number of hydrogen-bond donors (Lipinski definition) is 2. The van der Waals surface area contributed by atoms with Crippen molar-refractivity contribution in [1.82, 2.24) is 15.2 Å². The van der Waals surface area contributed by atoms with Crippen LogP contribution in [0.1, 0.15) is 38.4 Å². The maximum absolute atomic E-state index is 12.1. The maximum atomic E-state index is 12.1. The van der Waals surface area contributed by atoms with Gasteiger partial charge in [-0.1, -0.05) is 17.8 Å². The highest BCUT2D eigenvalue weighted by Gasteiger charge is 2.23. The highest BCUT2D eigenvalue weighted by Crippen LogP contribution is 2.35. The first kappa shape index (κ1) is 19.2. The van der Waals surface area contributed by atoms with Crippen LogP contribution in [0.3, 0.4) is 0 Å². The van der Waals surface area contributed by atoms with Crippen molar-refractivity contribution in [2.75, 3.05) is 12.3 Å². The average Bonchev–Trinajstić information content (AvgIpc) is 3.38. The number of anilines is 1. The molecule has 0 spiro atoms. The van der Waals surface area contributed by atoms with Gasteiger partial charge >= 0.3 is 5.97 Å². The summed E-state index contributed by atoms with van der Waals surface area (Å²) in [6.45, 7) is 1.99. The van der Waals surface area contributed by atoms with E-state index in [0.29, 0.717) is 37.7 Å². The number of rotatable bonds is 7. The van der Waals surface area contributed by atoms with Crippen molar-refractivity contribution >= 4 is 57.6 Å². The van der Waals surface area contributed by atoms with Gasteiger partial charge in [0.15, 0.2) is 0 Å². The van der Waals surface area contributed by atoms with E-state index >= 15 is 0 Å². The van der Waals surface area contributed by atoms with Gasteiger partial charge in [-0.25, -0.2) is 9.78 Å². The fourth-order valence-corrected chi connectivity index (χ4v) is 4.66. The summed E-state index contributed by atoms with van der Waals surface area (Å²) in [7, 11) is 0. The van der Waals surface area contributed by atoms with Gasteiger partial charge < -0.3 is 10.5 Å². The molecular formula is C17H15N5O2S3. The molecule has 7 nitrogen and oxygen atoms in total. The number of nitrogen functional groups attached to an aromatic ring is 1. The number of carbonyl (C=O) groups excluding carboxylic acids is 1. The third-order valence-corrected chi connectivity index (χ3v) is 6.14. The van der Waals surface area contributed by atoms with Gasteiger partial charge in [0, 0.05) is 16.2 Å². The van der Waals surface area contributed by atoms with Crippen LogP contribution in [0.5, 0.6) is 0 Å². The number of carbonyl (C=O) groups is 1. The number of esters is 1. The Labute approximate surface area is 167 Å². The predicted molar refractivity (Wildman–Crippen MR) is 109 cm³/mol. The first-order chi connectivity index (χ1) is 13.1. The van der Waals surface area contributed by atoms with Crippen molar-refractivity contribution in [1.29, 1.82) is 5.26 Å². The lowest BCUT2D eigenvalue weighted by Gasteiger charge is -2.02. The lowest BCUT2D eigenvalue weighted by Crippen LogP contribution is -2.05. The summed E-state index contributed by atoms with van der Waals surface area (Å²) < 4.78 is 5.06. The minimum atomic E-state index is -0.471. The minimum Gasteiger partial charge on any atom is -0.462 e. The second kappa shape index (κ2) is 8.85. The van der Waals surface area contributed by atoms with Gasteiger partial charge in [0.1, 0.15) is 21.8 Å². The molecule has 0 unspecified atom stereocenters. The molecule has 3 N–H and O–H groups in total. The van der Waals surface area contributed by atoms with Crippen molar-refractivity contribution in [3.05, 3.63) is 44.2 Å². The molecule has 0 fully saturated rings. The topological polar surface area (TPSA) is 118 Å². The molecule has 0 saturated carbocycles. The predicted octanol–water partition coefficient (Wildman–Crippen LogP) is 4.02. The summed E-state index contributed by atoms with van der Waals surface area (Å²) >= 11 is 4.02. The number of nitriles is 1. The van der Waals surface area contributed by atoms with E-state index in [-0.39, 0.29) is 6.61 Å². The van der Waals surface area contributed by atoms with Crippen molar-refractivity contribution in [3.63, 3.8) is 0 Å². The summed E-state index contributed by atoms with van der Waals surface area (Å²) in [5, 5.41) is 19.2. The molecule has 0 atom stereocenters. The first-order valence-electron chi connectivity index (χ1n) is 7.87. The molecule has 0 aromatic carbocycles. The highest BCUT2D eigenvalue weighted by molar-refractivity contribution is 7.98. The van der Waals surface area contributed by atoms with E-state index in [1.165, 1.54) is 11.8 Å². The van der Waals surface area contributed by atoms with Crippen LogP contribution in [-0.4, -0.2) is 27.8 Å². The SMILES string of the molecule is CCOC(=O)c1sc(N)c(C#N)c1CSc1n[nH]c(/C=C/c2cccs2)n1. The zero-order valence-electron chi connectivity index (χ0n) is 14.3. The molecule has 0 aliphatic heterocycles. The summed E-state index contributed by atoms with van der Waals surface area (Å²) in [5.74, 6) is 0.499. The van der Waals surface area contributed by atoms with Crippen LogP contribution in [0.25, 0.3) is 12.2 Å². The van der Waals surface area contributed by atoms with Crippen LogP contribution >= 0.6 is 34.4 Å². The number of thioether (sulfide) groups is 1. The van der Waals surface area contributed by atoms with Gasteiger partial charge in [-0.3, -0.25) is 5.10 Å². The molecule has 0 bridgehead atoms. The third-order valence-electron chi connectivity index (χ3n) is 3.38. The van der Waals surface area contributed by atoms with Crippen molar-refractivity contribution in [2.45, 2.75) is 17.8 Å². The van der Waals surface area contributed by atoms with Gasteiger partial charge in [0.05, 0.1) is 12.2 Å². The Hall–Kier alpha value is -2.61. The minimum absolute atomic E-state index is 0.256. The monoisotopic (exact) mass is 417 g/mol. The number of ether oxygens (including phenoxy) is 1. The maximum Gasteiger partial charge on any atom is 0.348 e. The fraction of sp³-hybridized carbons (Fsp3) is 0.176. The molecule has 0 amide bonds. The normalized spacial score (nSPS) is 11.0. The van der Waals surface area contributed by atoms with E-state index in [0.717, 1.165) is 16.2 Å². The molecule has 27 heavy (non-hydrogen) atoms. The number of nitrogens with one attached hydrogen (secondary N) is 1. The molecular weight excluding hydrogens is 402 g/mol. The Kier molecular flexibility index (Phi) is 6.28. The number of aromatic nitrogens is 3. The number of nitrogens with zero attached hydrogens (tertiary/aromatic N) is 3. The highest BCUT2D eigenvalue weighted by atomic mass is 32.2. The Bertz CT molecular complexity index is 999. The van der Waals surface area contributed by atoms with Crippen LogP contribution < -0.4 is 5.73 Å². The number of nitrogens with two attached hydrogens (primary N) is 1. The molecule has 3 heterocycles. The van der Waals surface area contributed by atoms with Crippen molar-refractivity contribution in [3.8, 4) is 6.07 Å². The fourth-order valence-electron chi connectivity index (χ4n) is 2.19. The lowest BCUT2D eigenvalue weighted by atomic mass is 10.2. The third kappa shape index (κ3) is 4.57. The summed E-state index contributed by atoms with van der Waals surface area (Å²) in [6.07, 6.45) is 3.79. The molecule has 0 aliphatic rings.